The maximum Gasteiger partial charge on any atom is 0.240 e. The highest BCUT2D eigenvalue weighted by atomic mass is 32.2. The molecule has 0 aliphatic carbocycles. The second-order valence-corrected chi connectivity index (χ2v) is 10.7. The standard InChI is InChI=1S/C24H26N6O5S2/c1-16-4-7-18(8-5-16)37(32,33)25-13-12-22-28-27-21-10-11-24(29-30(21)22)36-15-23(31)26-17-6-9-19(34-2)20(14-17)35-3/h4-11,14,25H,12-13,15H2,1-3H3,(H,26,31). The molecular weight excluding hydrogens is 516 g/mol. The van der Waals surface area contributed by atoms with Crippen molar-refractivity contribution in [3.63, 3.8) is 0 Å². The Balaban J connectivity index is 1.35. The van der Waals surface area contributed by atoms with E-state index in [0.29, 0.717) is 33.7 Å². The van der Waals surface area contributed by atoms with E-state index in [1.807, 2.05) is 6.92 Å². The van der Waals surface area contributed by atoms with Crippen LogP contribution in [0, 0.1) is 6.92 Å². The van der Waals surface area contributed by atoms with Crippen molar-refractivity contribution in [3.05, 3.63) is 66.0 Å². The lowest BCUT2D eigenvalue weighted by Crippen LogP contribution is -2.26. The molecule has 2 N–H and O–H groups in total. The SMILES string of the molecule is COc1ccc(NC(=O)CSc2ccc3nnc(CCNS(=O)(=O)c4ccc(C)cc4)n3n2)cc1OC. The first-order valence-electron chi connectivity index (χ1n) is 11.2. The van der Waals surface area contributed by atoms with Crippen LogP contribution in [0.25, 0.3) is 5.65 Å². The molecule has 0 atom stereocenters. The Morgan fingerprint density at radius 1 is 1.00 bits per heavy atom. The summed E-state index contributed by atoms with van der Waals surface area (Å²) in [5.41, 5.74) is 2.09. The van der Waals surface area contributed by atoms with Crippen molar-refractivity contribution in [2.24, 2.45) is 0 Å². The summed E-state index contributed by atoms with van der Waals surface area (Å²) in [4.78, 5) is 12.7. The van der Waals surface area contributed by atoms with E-state index in [1.165, 1.54) is 18.9 Å². The summed E-state index contributed by atoms with van der Waals surface area (Å²) in [7, 11) is -0.565. The lowest BCUT2D eigenvalue weighted by Gasteiger charge is -2.10. The maximum absolute atomic E-state index is 12.5. The van der Waals surface area contributed by atoms with Gasteiger partial charge in [0.2, 0.25) is 15.9 Å². The van der Waals surface area contributed by atoms with Gasteiger partial charge in [0.15, 0.2) is 23.0 Å². The van der Waals surface area contributed by atoms with Crippen molar-refractivity contribution < 1.29 is 22.7 Å². The zero-order chi connectivity index (χ0) is 26.4. The van der Waals surface area contributed by atoms with Crippen LogP contribution in [0.1, 0.15) is 11.4 Å². The van der Waals surface area contributed by atoms with Gasteiger partial charge in [0, 0.05) is 24.7 Å². The van der Waals surface area contributed by atoms with Crippen LogP contribution in [0.4, 0.5) is 5.69 Å². The number of amides is 1. The Kier molecular flexibility index (Phi) is 8.26. The fourth-order valence-electron chi connectivity index (χ4n) is 3.40. The van der Waals surface area contributed by atoms with Gasteiger partial charge >= 0.3 is 0 Å². The topological polar surface area (TPSA) is 137 Å². The van der Waals surface area contributed by atoms with Crippen molar-refractivity contribution in [2.45, 2.75) is 23.3 Å². The Morgan fingerprint density at radius 3 is 2.49 bits per heavy atom. The molecule has 2 heterocycles. The highest BCUT2D eigenvalue weighted by Gasteiger charge is 2.15. The normalized spacial score (nSPS) is 11.4. The molecule has 0 fully saturated rings. The lowest BCUT2D eigenvalue weighted by molar-refractivity contribution is -0.113. The zero-order valence-corrected chi connectivity index (χ0v) is 22.1. The largest absolute Gasteiger partial charge is 0.493 e. The number of aromatic nitrogens is 4. The number of hydrogen-bond donors (Lipinski definition) is 2. The van der Waals surface area contributed by atoms with Crippen molar-refractivity contribution in [2.75, 3.05) is 31.8 Å². The Hall–Kier alpha value is -3.68. The van der Waals surface area contributed by atoms with Crippen LogP contribution in [-0.4, -0.2) is 60.7 Å². The number of anilines is 1. The quantitative estimate of drug-likeness (QED) is 0.274. The number of carbonyl (C=O) groups excluding carboxylic acids is 1. The van der Waals surface area contributed by atoms with Crippen molar-refractivity contribution in [1.29, 1.82) is 0 Å². The minimum atomic E-state index is -3.64. The molecule has 11 nitrogen and oxygen atoms in total. The van der Waals surface area contributed by atoms with E-state index < -0.39 is 10.0 Å². The number of rotatable bonds is 11. The van der Waals surface area contributed by atoms with E-state index in [9.17, 15) is 13.2 Å². The number of sulfonamides is 1. The third kappa shape index (κ3) is 6.56. The van der Waals surface area contributed by atoms with Gasteiger partial charge in [-0.15, -0.1) is 10.2 Å². The van der Waals surface area contributed by atoms with E-state index in [2.05, 4.69) is 25.3 Å². The number of benzene rings is 2. The summed E-state index contributed by atoms with van der Waals surface area (Å²) < 4.78 is 39.6. The number of carbonyl (C=O) groups is 1. The summed E-state index contributed by atoms with van der Waals surface area (Å²) in [6.07, 6.45) is 0.285. The number of nitrogens with zero attached hydrogens (tertiary/aromatic N) is 4. The van der Waals surface area contributed by atoms with Crippen LogP contribution >= 0.6 is 11.8 Å². The van der Waals surface area contributed by atoms with Crippen LogP contribution in [0.3, 0.4) is 0 Å². The fourth-order valence-corrected chi connectivity index (χ4v) is 5.08. The number of ether oxygens (including phenoxy) is 2. The molecule has 0 bridgehead atoms. The Morgan fingerprint density at radius 2 is 1.76 bits per heavy atom. The first-order chi connectivity index (χ1) is 17.8. The van der Waals surface area contributed by atoms with Crippen LogP contribution in [0.5, 0.6) is 11.5 Å². The van der Waals surface area contributed by atoms with E-state index in [1.54, 1.807) is 66.2 Å². The smallest absolute Gasteiger partial charge is 0.240 e. The Bertz CT molecular complexity index is 1510. The molecule has 0 spiro atoms. The number of methoxy groups -OCH3 is 2. The van der Waals surface area contributed by atoms with Gasteiger partial charge in [-0.2, -0.15) is 9.61 Å². The van der Waals surface area contributed by atoms with Gasteiger partial charge in [-0.1, -0.05) is 29.5 Å². The first kappa shape index (κ1) is 26.4. The summed E-state index contributed by atoms with van der Waals surface area (Å²) in [6.45, 7) is 2.02. The lowest BCUT2D eigenvalue weighted by atomic mass is 10.2. The van der Waals surface area contributed by atoms with Gasteiger partial charge in [0.25, 0.3) is 0 Å². The summed E-state index contributed by atoms with van der Waals surface area (Å²) in [6, 6.07) is 15.2. The number of aryl methyl sites for hydroxylation is 1. The van der Waals surface area contributed by atoms with Gasteiger partial charge in [0.1, 0.15) is 5.03 Å². The third-order valence-electron chi connectivity index (χ3n) is 5.29. The molecule has 2 aromatic carbocycles. The maximum atomic E-state index is 12.5. The van der Waals surface area contributed by atoms with E-state index in [4.69, 9.17) is 9.47 Å². The molecule has 0 saturated heterocycles. The minimum absolute atomic E-state index is 0.126. The zero-order valence-electron chi connectivity index (χ0n) is 20.5. The predicted molar refractivity (Wildman–Crippen MR) is 140 cm³/mol. The second kappa shape index (κ2) is 11.6. The molecule has 194 valence electrons. The van der Waals surface area contributed by atoms with Crippen LogP contribution < -0.4 is 19.5 Å². The van der Waals surface area contributed by atoms with E-state index in [-0.39, 0.29) is 29.5 Å². The summed E-state index contributed by atoms with van der Waals surface area (Å²) >= 11 is 1.25. The van der Waals surface area contributed by atoms with Crippen LogP contribution in [0.2, 0.25) is 0 Å². The molecule has 2 aromatic heterocycles. The molecular formula is C24H26N6O5S2. The number of fused-ring (bicyclic) bond motifs is 1. The molecule has 0 saturated carbocycles. The first-order valence-corrected chi connectivity index (χ1v) is 13.7. The summed E-state index contributed by atoms with van der Waals surface area (Å²) in [5.74, 6) is 1.49. The molecule has 4 rings (SSSR count). The van der Waals surface area contributed by atoms with E-state index in [0.717, 1.165) is 5.56 Å². The predicted octanol–water partition coefficient (Wildman–Crippen LogP) is 2.70. The van der Waals surface area contributed by atoms with Gasteiger partial charge in [-0.25, -0.2) is 13.1 Å². The molecule has 1 amide bonds. The molecule has 0 radical (unpaired) electrons. The van der Waals surface area contributed by atoms with Gasteiger partial charge < -0.3 is 14.8 Å². The molecule has 37 heavy (non-hydrogen) atoms. The minimum Gasteiger partial charge on any atom is -0.493 e. The third-order valence-corrected chi connectivity index (χ3v) is 7.69. The van der Waals surface area contributed by atoms with Crippen LogP contribution in [-0.2, 0) is 21.2 Å². The molecule has 0 unspecified atom stereocenters. The second-order valence-electron chi connectivity index (χ2n) is 7.93. The van der Waals surface area contributed by atoms with Crippen LogP contribution in [0.15, 0.2) is 64.5 Å². The average Bonchev–Trinajstić information content (AvgIpc) is 3.29. The van der Waals surface area contributed by atoms with Crippen molar-refractivity contribution >= 4 is 39.0 Å². The molecule has 13 heteroatoms. The van der Waals surface area contributed by atoms with Crippen molar-refractivity contribution in [1.82, 2.24) is 24.5 Å². The molecule has 4 aromatic rings. The molecule has 0 aliphatic heterocycles. The number of hydrogen-bond acceptors (Lipinski definition) is 9. The van der Waals surface area contributed by atoms with Gasteiger partial charge in [0.05, 0.1) is 24.9 Å². The highest BCUT2D eigenvalue weighted by Crippen LogP contribution is 2.30. The number of nitrogens with one attached hydrogen (secondary N) is 2. The average molecular weight is 543 g/mol. The van der Waals surface area contributed by atoms with Gasteiger partial charge in [-0.05, 0) is 43.3 Å². The van der Waals surface area contributed by atoms with Crippen molar-refractivity contribution in [3.8, 4) is 11.5 Å². The number of thioether (sulfide) groups is 1. The molecule has 0 aliphatic rings. The Labute approximate surface area is 218 Å². The monoisotopic (exact) mass is 542 g/mol. The van der Waals surface area contributed by atoms with Gasteiger partial charge in [-0.3, -0.25) is 4.79 Å². The van der Waals surface area contributed by atoms with E-state index >= 15 is 0 Å². The highest BCUT2D eigenvalue weighted by molar-refractivity contribution is 7.99. The fraction of sp³-hybridized carbons (Fsp3) is 0.250. The summed E-state index contributed by atoms with van der Waals surface area (Å²) in [5, 5.41) is 16.1.